The van der Waals surface area contributed by atoms with Gasteiger partial charge in [-0.2, -0.15) is 0 Å². The molecule has 0 unspecified atom stereocenters. The van der Waals surface area contributed by atoms with Gasteiger partial charge in [0.1, 0.15) is 0 Å². The average Bonchev–Trinajstić information content (AvgIpc) is 2.46. The van der Waals surface area contributed by atoms with Crippen molar-refractivity contribution in [3.8, 4) is 0 Å². The lowest BCUT2D eigenvalue weighted by molar-refractivity contribution is -0.114. The molecule has 6 heteroatoms. The fourth-order valence-electron chi connectivity index (χ4n) is 2.11. The van der Waals surface area contributed by atoms with Gasteiger partial charge in [-0.1, -0.05) is 32.0 Å². The van der Waals surface area contributed by atoms with E-state index < -0.39 is 10.0 Å². The van der Waals surface area contributed by atoms with Crippen molar-refractivity contribution in [1.29, 1.82) is 0 Å². The second kappa shape index (κ2) is 6.83. The summed E-state index contributed by atoms with van der Waals surface area (Å²) < 4.78 is 27.4. The molecule has 0 heterocycles. The van der Waals surface area contributed by atoms with Crippen LogP contribution >= 0.6 is 0 Å². The molecular weight excluding hydrogens is 312 g/mol. The molecule has 0 aliphatic heterocycles. The van der Waals surface area contributed by atoms with Crippen LogP contribution in [0.15, 0.2) is 53.4 Å². The quantitative estimate of drug-likeness (QED) is 0.879. The Morgan fingerprint density at radius 1 is 1.00 bits per heavy atom. The van der Waals surface area contributed by atoms with Crippen LogP contribution in [0.3, 0.4) is 0 Å². The molecule has 122 valence electrons. The summed E-state index contributed by atoms with van der Waals surface area (Å²) in [5, 5.41) is 2.62. The van der Waals surface area contributed by atoms with Gasteiger partial charge >= 0.3 is 0 Å². The second-order valence-electron chi connectivity index (χ2n) is 5.59. The number of carbonyl (C=O) groups excluding carboxylic acids is 1. The third kappa shape index (κ3) is 4.56. The van der Waals surface area contributed by atoms with E-state index in [4.69, 9.17) is 0 Å². The highest BCUT2D eigenvalue weighted by Gasteiger charge is 2.14. The molecule has 5 nitrogen and oxygen atoms in total. The zero-order valence-electron chi connectivity index (χ0n) is 13.3. The lowest BCUT2D eigenvalue weighted by Crippen LogP contribution is -2.13. The largest absolute Gasteiger partial charge is 0.326 e. The Morgan fingerprint density at radius 3 is 2.17 bits per heavy atom. The van der Waals surface area contributed by atoms with Crippen molar-refractivity contribution in [3.63, 3.8) is 0 Å². The second-order valence-corrected chi connectivity index (χ2v) is 7.27. The van der Waals surface area contributed by atoms with E-state index in [1.807, 2.05) is 12.1 Å². The van der Waals surface area contributed by atoms with Crippen molar-refractivity contribution in [2.75, 3.05) is 10.0 Å². The molecule has 0 radical (unpaired) electrons. The Balaban J connectivity index is 2.22. The number of carbonyl (C=O) groups is 1. The Kier molecular flexibility index (Phi) is 5.05. The van der Waals surface area contributed by atoms with Crippen LogP contribution in [0.4, 0.5) is 11.4 Å². The average molecular weight is 332 g/mol. The molecule has 0 bridgehead atoms. The minimum absolute atomic E-state index is 0.201. The van der Waals surface area contributed by atoms with Gasteiger partial charge in [0.2, 0.25) is 5.91 Å². The molecule has 0 fully saturated rings. The van der Waals surface area contributed by atoms with E-state index >= 15 is 0 Å². The molecule has 2 rings (SSSR count). The minimum atomic E-state index is -3.66. The minimum Gasteiger partial charge on any atom is -0.326 e. The number of amides is 1. The first kappa shape index (κ1) is 17.0. The zero-order valence-corrected chi connectivity index (χ0v) is 14.1. The van der Waals surface area contributed by atoms with E-state index in [1.165, 1.54) is 6.92 Å². The van der Waals surface area contributed by atoms with Gasteiger partial charge in [-0.05, 0) is 41.8 Å². The van der Waals surface area contributed by atoms with Crippen molar-refractivity contribution in [2.24, 2.45) is 0 Å². The number of hydrogen-bond donors (Lipinski definition) is 2. The fourth-order valence-corrected chi connectivity index (χ4v) is 3.16. The first-order valence-corrected chi connectivity index (χ1v) is 8.76. The summed E-state index contributed by atoms with van der Waals surface area (Å²) in [7, 11) is -3.66. The normalized spacial score (nSPS) is 11.3. The van der Waals surface area contributed by atoms with Gasteiger partial charge in [0.25, 0.3) is 10.0 Å². The molecule has 0 aliphatic rings. The third-order valence-electron chi connectivity index (χ3n) is 3.29. The lowest BCUT2D eigenvalue weighted by Gasteiger charge is -2.11. The monoisotopic (exact) mass is 332 g/mol. The molecule has 0 aliphatic carbocycles. The van der Waals surface area contributed by atoms with E-state index in [1.54, 1.807) is 36.4 Å². The maximum Gasteiger partial charge on any atom is 0.261 e. The predicted octanol–water partition coefficient (Wildman–Crippen LogP) is 3.57. The maximum absolute atomic E-state index is 12.4. The Hall–Kier alpha value is -2.34. The zero-order chi connectivity index (χ0) is 17.0. The highest BCUT2D eigenvalue weighted by molar-refractivity contribution is 7.92. The highest BCUT2D eigenvalue weighted by Crippen LogP contribution is 2.21. The van der Waals surface area contributed by atoms with Crippen LogP contribution in [0.1, 0.15) is 32.3 Å². The summed E-state index contributed by atoms with van der Waals surface area (Å²) in [6.07, 6.45) is 0. The Labute approximate surface area is 136 Å². The van der Waals surface area contributed by atoms with Crippen molar-refractivity contribution < 1.29 is 13.2 Å². The van der Waals surface area contributed by atoms with Crippen LogP contribution in [-0.2, 0) is 14.8 Å². The lowest BCUT2D eigenvalue weighted by atomic mass is 10.0. The van der Waals surface area contributed by atoms with Gasteiger partial charge in [0.15, 0.2) is 0 Å². The Bertz CT molecular complexity index is 797. The fraction of sp³-hybridized carbons (Fsp3) is 0.235. The van der Waals surface area contributed by atoms with Crippen molar-refractivity contribution >= 4 is 27.3 Å². The van der Waals surface area contributed by atoms with Gasteiger partial charge in [-0.15, -0.1) is 0 Å². The summed E-state index contributed by atoms with van der Waals surface area (Å²) in [6, 6.07) is 13.4. The smallest absolute Gasteiger partial charge is 0.261 e. The standard InChI is InChI=1S/C17H20N2O3S/c1-12(2)14-7-9-17(10-8-14)23(21,22)19-16-6-4-5-15(11-16)18-13(3)20/h4-12,19H,1-3H3,(H,18,20). The summed E-state index contributed by atoms with van der Waals surface area (Å²) in [6.45, 7) is 5.50. The van der Waals surface area contributed by atoms with E-state index in [0.29, 0.717) is 17.3 Å². The van der Waals surface area contributed by atoms with Crippen LogP contribution in [-0.4, -0.2) is 14.3 Å². The molecule has 0 aromatic heterocycles. The van der Waals surface area contributed by atoms with Gasteiger partial charge in [-0.3, -0.25) is 9.52 Å². The van der Waals surface area contributed by atoms with E-state index in [0.717, 1.165) is 5.56 Å². The van der Waals surface area contributed by atoms with Crippen molar-refractivity contribution in [3.05, 3.63) is 54.1 Å². The van der Waals surface area contributed by atoms with Gasteiger partial charge in [-0.25, -0.2) is 8.42 Å². The SMILES string of the molecule is CC(=O)Nc1cccc(NS(=O)(=O)c2ccc(C(C)C)cc2)c1. The van der Waals surface area contributed by atoms with Crippen LogP contribution in [0.25, 0.3) is 0 Å². The number of hydrogen-bond acceptors (Lipinski definition) is 3. The van der Waals surface area contributed by atoms with Crippen molar-refractivity contribution in [1.82, 2.24) is 0 Å². The van der Waals surface area contributed by atoms with E-state index in [2.05, 4.69) is 23.9 Å². The first-order chi connectivity index (χ1) is 10.8. The molecule has 23 heavy (non-hydrogen) atoms. The summed E-state index contributed by atoms with van der Waals surface area (Å²) >= 11 is 0. The van der Waals surface area contributed by atoms with Crippen LogP contribution in [0.5, 0.6) is 0 Å². The molecule has 2 aromatic rings. The van der Waals surface area contributed by atoms with Crippen LogP contribution in [0, 0.1) is 0 Å². The third-order valence-corrected chi connectivity index (χ3v) is 4.69. The topological polar surface area (TPSA) is 75.3 Å². The molecule has 0 saturated carbocycles. The Morgan fingerprint density at radius 2 is 1.61 bits per heavy atom. The summed E-state index contributed by atoms with van der Waals surface area (Å²) in [5.41, 5.74) is 2.01. The molecule has 2 aromatic carbocycles. The van der Waals surface area contributed by atoms with Crippen LogP contribution in [0.2, 0.25) is 0 Å². The predicted molar refractivity (Wildman–Crippen MR) is 92.1 cm³/mol. The molecule has 0 atom stereocenters. The number of benzene rings is 2. The molecule has 1 amide bonds. The molecule has 0 saturated heterocycles. The van der Waals surface area contributed by atoms with Crippen molar-refractivity contribution in [2.45, 2.75) is 31.6 Å². The summed E-state index contributed by atoms with van der Waals surface area (Å²) in [4.78, 5) is 11.3. The number of sulfonamides is 1. The first-order valence-electron chi connectivity index (χ1n) is 7.28. The maximum atomic E-state index is 12.4. The number of anilines is 2. The number of nitrogens with one attached hydrogen (secondary N) is 2. The van der Waals surface area contributed by atoms with Gasteiger partial charge in [0.05, 0.1) is 10.6 Å². The van der Waals surface area contributed by atoms with Gasteiger partial charge in [0, 0.05) is 12.6 Å². The van der Waals surface area contributed by atoms with Crippen LogP contribution < -0.4 is 10.0 Å². The van der Waals surface area contributed by atoms with Gasteiger partial charge < -0.3 is 5.32 Å². The molecule has 2 N–H and O–H groups in total. The molecular formula is C17H20N2O3S. The van der Waals surface area contributed by atoms with E-state index in [-0.39, 0.29) is 10.8 Å². The van der Waals surface area contributed by atoms with E-state index in [9.17, 15) is 13.2 Å². The summed E-state index contributed by atoms with van der Waals surface area (Å²) in [5.74, 6) is 0.128. The highest BCUT2D eigenvalue weighted by atomic mass is 32.2. The number of rotatable bonds is 5. The molecule has 0 spiro atoms.